The zero-order chi connectivity index (χ0) is 17.4. The Balaban J connectivity index is 2.12. The van der Waals surface area contributed by atoms with E-state index in [1.54, 1.807) is 18.3 Å². The average molecular weight is 326 g/mol. The minimum Gasteiger partial charge on any atom is -0.351 e. The number of carbonyl (C=O) groups is 2. The van der Waals surface area contributed by atoms with Crippen LogP contribution in [0.1, 0.15) is 22.8 Å². The van der Waals surface area contributed by atoms with E-state index in [1.807, 2.05) is 37.3 Å². The first-order valence-corrected chi connectivity index (χ1v) is 7.85. The van der Waals surface area contributed by atoms with E-state index in [-0.39, 0.29) is 17.9 Å². The highest BCUT2D eigenvalue weighted by Crippen LogP contribution is 2.05. The van der Waals surface area contributed by atoms with Crippen LogP contribution in [-0.2, 0) is 11.2 Å². The zero-order valence-corrected chi connectivity index (χ0v) is 13.6. The molecule has 2 aromatic rings. The third-order valence-corrected chi connectivity index (χ3v) is 3.57. The molecule has 4 N–H and O–H groups in total. The van der Waals surface area contributed by atoms with Crippen molar-refractivity contribution in [1.29, 1.82) is 0 Å². The van der Waals surface area contributed by atoms with E-state index in [1.165, 1.54) is 6.20 Å². The van der Waals surface area contributed by atoms with Gasteiger partial charge in [-0.2, -0.15) is 0 Å². The fraction of sp³-hybridized carbons (Fsp3) is 0.278. The van der Waals surface area contributed by atoms with Crippen LogP contribution in [0.4, 0.5) is 0 Å². The third kappa shape index (κ3) is 5.17. The highest BCUT2D eigenvalue weighted by Gasteiger charge is 2.22. The van der Waals surface area contributed by atoms with Gasteiger partial charge in [-0.15, -0.1) is 0 Å². The van der Waals surface area contributed by atoms with Gasteiger partial charge < -0.3 is 16.4 Å². The summed E-state index contributed by atoms with van der Waals surface area (Å²) in [5.74, 6) is -0.589. The molecule has 0 saturated carbocycles. The highest BCUT2D eigenvalue weighted by atomic mass is 16.2. The van der Waals surface area contributed by atoms with Crippen LogP contribution >= 0.6 is 0 Å². The Kier molecular flexibility index (Phi) is 6.45. The second-order valence-corrected chi connectivity index (χ2v) is 5.60. The standard InChI is InChI=1S/C18H22N4O2/c1-13(11-19)21-18(24)16(10-14-6-3-2-4-7-14)22-17(23)15-8-5-9-20-12-15/h2-9,12-13,16H,10-11,19H2,1H3,(H,21,24)(H,22,23)/t13-,16?/m0/s1. The van der Waals surface area contributed by atoms with E-state index in [0.29, 0.717) is 18.5 Å². The Morgan fingerprint density at radius 2 is 1.88 bits per heavy atom. The SMILES string of the molecule is C[C@@H](CN)NC(=O)C(Cc1ccccc1)NC(=O)c1cccnc1. The average Bonchev–Trinajstić information content (AvgIpc) is 2.62. The number of nitrogens with one attached hydrogen (secondary N) is 2. The summed E-state index contributed by atoms with van der Waals surface area (Å²) in [6.07, 6.45) is 3.46. The molecule has 0 aliphatic rings. The molecule has 0 bridgehead atoms. The van der Waals surface area contributed by atoms with Gasteiger partial charge >= 0.3 is 0 Å². The van der Waals surface area contributed by atoms with E-state index >= 15 is 0 Å². The van der Waals surface area contributed by atoms with Crippen molar-refractivity contribution in [3.8, 4) is 0 Å². The molecule has 0 saturated heterocycles. The molecular weight excluding hydrogens is 304 g/mol. The number of nitrogens with zero attached hydrogens (tertiary/aromatic N) is 1. The second kappa shape index (κ2) is 8.79. The van der Waals surface area contributed by atoms with Crippen LogP contribution in [0.3, 0.4) is 0 Å². The minimum atomic E-state index is -0.686. The third-order valence-electron chi connectivity index (χ3n) is 3.57. The van der Waals surface area contributed by atoms with Gasteiger partial charge in [0.2, 0.25) is 5.91 Å². The van der Waals surface area contributed by atoms with Gasteiger partial charge in [0.05, 0.1) is 5.56 Å². The topological polar surface area (TPSA) is 97.1 Å². The summed E-state index contributed by atoms with van der Waals surface area (Å²) in [5, 5.41) is 5.59. The monoisotopic (exact) mass is 326 g/mol. The van der Waals surface area contributed by atoms with Gasteiger partial charge in [0, 0.05) is 31.4 Å². The van der Waals surface area contributed by atoms with Crippen molar-refractivity contribution < 1.29 is 9.59 Å². The van der Waals surface area contributed by atoms with Gasteiger partial charge in [0.25, 0.3) is 5.91 Å². The smallest absolute Gasteiger partial charge is 0.253 e. The summed E-state index contributed by atoms with van der Waals surface area (Å²) < 4.78 is 0. The molecule has 126 valence electrons. The number of aromatic nitrogens is 1. The number of hydrogen-bond donors (Lipinski definition) is 3. The number of carbonyl (C=O) groups excluding carboxylic acids is 2. The number of pyridine rings is 1. The van der Waals surface area contributed by atoms with Crippen LogP contribution in [0.15, 0.2) is 54.9 Å². The lowest BCUT2D eigenvalue weighted by atomic mass is 10.0. The molecule has 1 heterocycles. The van der Waals surface area contributed by atoms with Crippen molar-refractivity contribution in [2.75, 3.05) is 6.54 Å². The fourth-order valence-electron chi connectivity index (χ4n) is 2.20. The lowest BCUT2D eigenvalue weighted by molar-refractivity contribution is -0.123. The van der Waals surface area contributed by atoms with Gasteiger partial charge in [0.1, 0.15) is 6.04 Å². The van der Waals surface area contributed by atoms with Crippen molar-refractivity contribution >= 4 is 11.8 Å². The molecule has 6 nitrogen and oxygen atoms in total. The van der Waals surface area contributed by atoms with Crippen molar-refractivity contribution in [2.24, 2.45) is 5.73 Å². The first-order valence-electron chi connectivity index (χ1n) is 7.85. The van der Waals surface area contributed by atoms with Crippen molar-refractivity contribution in [3.63, 3.8) is 0 Å². The molecule has 0 fully saturated rings. The molecule has 2 amide bonds. The molecule has 24 heavy (non-hydrogen) atoms. The van der Waals surface area contributed by atoms with E-state index in [4.69, 9.17) is 5.73 Å². The van der Waals surface area contributed by atoms with E-state index < -0.39 is 6.04 Å². The molecular formula is C18H22N4O2. The summed E-state index contributed by atoms with van der Waals surface area (Å²) in [5.41, 5.74) is 6.93. The van der Waals surface area contributed by atoms with Gasteiger partial charge in [-0.05, 0) is 24.6 Å². The highest BCUT2D eigenvalue weighted by molar-refractivity contribution is 5.97. The van der Waals surface area contributed by atoms with Crippen LogP contribution in [-0.4, -0.2) is 35.4 Å². The molecule has 1 aromatic heterocycles. The lowest BCUT2D eigenvalue weighted by Crippen LogP contribution is -2.51. The molecule has 1 unspecified atom stereocenters. The van der Waals surface area contributed by atoms with E-state index in [2.05, 4.69) is 15.6 Å². The van der Waals surface area contributed by atoms with Crippen LogP contribution in [0.25, 0.3) is 0 Å². The molecule has 0 spiro atoms. The maximum Gasteiger partial charge on any atom is 0.253 e. The predicted molar refractivity (Wildman–Crippen MR) is 92.3 cm³/mol. The zero-order valence-electron chi connectivity index (χ0n) is 13.6. The Morgan fingerprint density at radius 3 is 2.50 bits per heavy atom. The number of rotatable bonds is 7. The maximum absolute atomic E-state index is 12.5. The summed E-state index contributed by atoms with van der Waals surface area (Å²) in [7, 11) is 0. The number of benzene rings is 1. The Labute approximate surface area is 141 Å². The van der Waals surface area contributed by atoms with Crippen LogP contribution in [0.2, 0.25) is 0 Å². The molecule has 2 rings (SSSR count). The second-order valence-electron chi connectivity index (χ2n) is 5.60. The Bertz CT molecular complexity index is 661. The Hall–Kier alpha value is -2.73. The van der Waals surface area contributed by atoms with Crippen molar-refractivity contribution in [2.45, 2.75) is 25.4 Å². The van der Waals surface area contributed by atoms with E-state index in [9.17, 15) is 9.59 Å². The summed E-state index contributed by atoms with van der Waals surface area (Å²) in [6.45, 7) is 2.15. The summed E-state index contributed by atoms with van der Waals surface area (Å²) in [6, 6.07) is 12.0. The fourth-order valence-corrected chi connectivity index (χ4v) is 2.20. The number of amides is 2. The van der Waals surface area contributed by atoms with Crippen LogP contribution in [0.5, 0.6) is 0 Å². The summed E-state index contributed by atoms with van der Waals surface area (Å²) in [4.78, 5) is 28.8. The van der Waals surface area contributed by atoms with Crippen molar-refractivity contribution in [3.05, 3.63) is 66.0 Å². The predicted octanol–water partition coefficient (Wildman–Crippen LogP) is 0.886. The summed E-state index contributed by atoms with van der Waals surface area (Å²) >= 11 is 0. The lowest BCUT2D eigenvalue weighted by Gasteiger charge is -2.21. The molecule has 6 heteroatoms. The molecule has 0 radical (unpaired) electrons. The van der Waals surface area contributed by atoms with Gasteiger partial charge in [-0.1, -0.05) is 30.3 Å². The number of nitrogens with two attached hydrogens (primary N) is 1. The van der Waals surface area contributed by atoms with Gasteiger partial charge in [-0.25, -0.2) is 0 Å². The van der Waals surface area contributed by atoms with Gasteiger partial charge in [-0.3, -0.25) is 14.6 Å². The van der Waals surface area contributed by atoms with Gasteiger partial charge in [0.15, 0.2) is 0 Å². The molecule has 2 atom stereocenters. The molecule has 1 aromatic carbocycles. The Morgan fingerprint density at radius 1 is 1.12 bits per heavy atom. The van der Waals surface area contributed by atoms with E-state index in [0.717, 1.165) is 5.56 Å². The number of hydrogen-bond acceptors (Lipinski definition) is 4. The molecule has 0 aliphatic carbocycles. The largest absolute Gasteiger partial charge is 0.351 e. The van der Waals surface area contributed by atoms with Crippen molar-refractivity contribution in [1.82, 2.24) is 15.6 Å². The normalized spacial score (nSPS) is 12.9. The molecule has 0 aliphatic heterocycles. The van der Waals surface area contributed by atoms with Crippen LogP contribution < -0.4 is 16.4 Å². The maximum atomic E-state index is 12.5. The van der Waals surface area contributed by atoms with Crippen LogP contribution in [0, 0.1) is 0 Å². The quantitative estimate of drug-likeness (QED) is 0.704. The first-order chi connectivity index (χ1) is 11.6. The minimum absolute atomic E-state index is 0.161. The first kappa shape index (κ1) is 17.6.